The normalized spacial score (nSPS) is 12.2. The highest BCUT2D eigenvalue weighted by Crippen LogP contribution is 2.25. The fraction of sp³-hybridized carbons (Fsp3) is 0.286. The van der Waals surface area contributed by atoms with Crippen LogP contribution in [0.4, 0.5) is 14.5 Å². The van der Waals surface area contributed by atoms with Crippen LogP contribution in [0.5, 0.6) is 5.75 Å². The number of nitrogens with one attached hydrogen (secondary N) is 1. The Morgan fingerprint density at radius 2 is 2.13 bits per heavy atom. The molecule has 1 aromatic heterocycles. The molecule has 0 saturated heterocycles. The van der Waals surface area contributed by atoms with Gasteiger partial charge < -0.3 is 10.1 Å². The molecule has 23 heavy (non-hydrogen) atoms. The van der Waals surface area contributed by atoms with E-state index in [2.05, 4.69) is 15.2 Å². The molecule has 1 aromatic carbocycles. The Morgan fingerprint density at radius 1 is 1.39 bits per heavy atom. The SMILES string of the molecule is Cn1nccc1C[S@](=O)CC(=O)Nc1ccccc1OC(F)F. The van der Waals surface area contributed by atoms with Gasteiger partial charge in [0.2, 0.25) is 5.91 Å². The van der Waals surface area contributed by atoms with E-state index in [4.69, 9.17) is 0 Å². The van der Waals surface area contributed by atoms with Crippen LogP contribution in [-0.4, -0.2) is 32.3 Å². The van der Waals surface area contributed by atoms with Gasteiger partial charge in [-0.05, 0) is 18.2 Å². The smallest absolute Gasteiger partial charge is 0.387 e. The van der Waals surface area contributed by atoms with Gasteiger partial charge in [0.25, 0.3) is 0 Å². The lowest BCUT2D eigenvalue weighted by Gasteiger charge is -2.11. The fourth-order valence-corrected chi connectivity index (χ4v) is 2.94. The van der Waals surface area contributed by atoms with Crippen LogP contribution in [0, 0.1) is 0 Å². The molecule has 1 atom stereocenters. The summed E-state index contributed by atoms with van der Waals surface area (Å²) in [6.45, 7) is -2.99. The predicted octanol–water partition coefficient (Wildman–Crippen LogP) is 1.91. The van der Waals surface area contributed by atoms with E-state index in [0.717, 1.165) is 5.69 Å². The summed E-state index contributed by atoms with van der Waals surface area (Å²) in [6.07, 6.45) is 1.57. The number of alkyl halides is 2. The summed E-state index contributed by atoms with van der Waals surface area (Å²) in [5, 5.41) is 6.38. The molecule has 9 heteroatoms. The van der Waals surface area contributed by atoms with E-state index in [1.165, 1.54) is 18.2 Å². The predicted molar refractivity (Wildman–Crippen MR) is 81.6 cm³/mol. The van der Waals surface area contributed by atoms with Crippen molar-refractivity contribution in [3.8, 4) is 5.75 Å². The van der Waals surface area contributed by atoms with Gasteiger partial charge in [-0.1, -0.05) is 12.1 Å². The Labute approximate surface area is 133 Å². The minimum Gasteiger partial charge on any atom is -0.433 e. The number of rotatable bonds is 7. The Hall–Kier alpha value is -2.29. The highest BCUT2D eigenvalue weighted by Gasteiger charge is 2.14. The van der Waals surface area contributed by atoms with Crippen molar-refractivity contribution in [2.75, 3.05) is 11.1 Å². The highest BCUT2D eigenvalue weighted by atomic mass is 32.2. The van der Waals surface area contributed by atoms with E-state index >= 15 is 0 Å². The number of para-hydroxylation sites is 2. The maximum atomic E-state index is 12.3. The zero-order valence-corrected chi connectivity index (χ0v) is 13.1. The summed E-state index contributed by atoms with van der Waals surface area (Å²) in [7, 11) is 0.270. The molecule has 2 rings (SSSR count). The maximum Gasteiger partial charge on any atom is 0.387 e. The first-order valence-corrected chi connectivity index (χ1v) is 8.10. The second kappa shape index (κ2) is 7.82. The number of carbonyl (C=O) groups excluding carboxylic acids is 1. The van der Waals surface area contributed by atoms with E-state index in [0.29, 0.717) is 0 Å². The fourth-order valence-electron chi connectivity index (χ4n) is 1.86. The van der Waals surface area contributed by atoms with Crippen molar-refractivity contribution < 1.29 is 22.5 Å². The van der Waals surface area contributed by atoms with Crippen LogP contribution in [-0.2, 0) is 28.4 Å². The number of amides is 1. The van der Waals surface area contributed by atoms with Gasteiger partial charge in [-0.2, -0.15) is 13.9 Å². The lowest BCUT2D eigenvalue weighted by Crippen LogP contribution is -2.21. The second-order valence-electron chi connectivity index (χ2n) is 4.60. The lowest BCUT2D eigenvalue weighted by atomic mass is 10.3. The molecule has 0 unspecified atom stereocenters. The van der Waals surface area contributed by atoms with Crippen LogP contribution < -0.4 is 10.1 Å². The zero-order chi connectivity index (χ0) is 16.8. The van der Waals surface area contributed by atoms with Crippen molar-refractivity contribution in [1.29, 1.82) is 0 Å². The summed E-state index contributed by atoms with van der Waals surface area (Å²) in [4.78, 5) is 11.9. The quantitative estimate of drug-likeness (QED) is 0.833. The van der Waals surface area contributed by atoms with Crippen molar-refractivity contribution in [1.82, 2.24) is 9.78 Å². The molecule has 0 radical (unpaired) electrons. The molecule has 2 aromatic rings. The Bertz CT molecular complexity index is 706. The number of carbonyl (C=O) groups is 1. The van der Waals surface area contributed by atoms with Crippen LogP contribution in [0.1, 0.15) is 5.69 Å². The minimum absolute atomic E-state index is 0.107. The van der Waals surface area contributed by atoms with Gasteiger partial charge in [-0.3, -0.25) is 13.7 Å². The summed E-state index contributed by atoms with van der Waals surface area (Å²) < 4.78 is 42.5. The molecular formula is C14H15F2N3O3S. The molecular weight excluding hydrogens is 328 g/mol. The Kier molecular flexibility index (Phi) is 5.80. The average molecular weight is 343 g/mol. The number of benzene rings is 1. The monoisotopic (exact) mass is 343 g/mol. The Morgan fingerprint density at radius 3 is 2.78 bits per heavy atom. The summed E-state index contributed by atoms with van der Waals surface area (Å²) in [5.74, 6) is -0.767. The molecule has 0 fully saturated rings. The molecule has 0 saturated carbocycles. The van der Waals surface area contributed by atoms with Crippen molar-refractivity contribution in [2.24, 2.45) is 7.05 Å². The van der Waals surface area contributed by atoms with Gasteiger partial charge in [0, 0.05) is 24.0 Å². The summed E-state index contributed by atoms with van der Waals surface area (Å²) in [6, 6.07) is 7.53. The van der Waals surface area contributed by atoms with Crippen molar-refractivity contribution in [3.05, 3.63) is 42.2 Å². The Balaban J connectivity index is 1.94. The van der Waals surface area contributed by atoms with Gasteiger partial charge in [-0.15, -0.1) is 0 Å². The first kappa shape index (κ1) is 17.1. The van der Waals surface area contributed by atoms with Crippen molar-refractivity contribution in [3.63, 3.8) is 0 Å². The second-order valence-corrected chi connectivity index (χ2v) is 6.05. The third-order valence-electron chi connectivity index (χ3n) is 2.90. The van der Waals surface area contributed by atoms with Gasteiger partial charge in [0.05, 0.1) is 17.1 Å². The van der Waals surface area contributed by atoms with Crippen LogP contribution in [0.25, 0.3) is 0 Å². The highest BCUT2D eigenvalue weighted by molar-refractivity contribution is 7.84. The number of ether oxygens (including phenoxy) is 1. The third kappa shape index (κ3) is 5.13. The number of halogens is 2. The number of aromatic nitrogens is 2. The number of hydrogen-bond acceptors (Lipinski definition) is 4. The summed E-state index contributed by atoms with van der Waals surface area (Å²) in [5.41, 5.74) is 0.841. The van der Waals surface area contributed by atoms with E-state index < -0.39 is 23.3 Å². The van der Waals surface area contributed by atoms with E-state index in [1.807, 2.05) is 0 Å². The van der Waals surface area contributed by atoms with Crippen LogP contribution in [0.3, 0.4) is 0 Å². The first-order valence-electron chi connectivity index (χ1n) is 6.61. The van der Waals surface area contributed by atoms with Crippen molar-refractivity contribution in [2.45, 2.75) is 12.4 Å². The van der Waals surface area contributed by atoms with E-state index in [1.54, 1.807) is 30.1 Å². The molecule has 1 amide bonds. The molecule has 0 bridgehead atoms. The zero-order valence-electron chi connectivity index (χ0n) is 12.2. The molecule has 0 spiro atoms. The molecule has 124 valence electrons. The standard InChI is InChI=1S/C14H15F2N3O3S/c1-19-10(6-7-17-19)8-23(21)9-13(20)18-11-4-2-3-5-12(11)22-14(15)16/h2-7,14H,8-9H2,1H3,(H,18,20)/t23-/m0/s1. The largest absolute Gasteiger partial charge is 0.433 e. The molecule has 1 N–H and O–H groups in total. The molecule has 1 heterocycles. The topological polar surface area (TPSA) is 73.2 Å². The number of anilines is 1. The van der Waals surface area contributed by atoms with Gasteiger partial charge in [0.1, 0.15) is 11.5 Å². The molecule has 0 aliphatic heterocycles. The molecule has 0 aliphatic rings. The summed E-state index contributed by atoms with van der Waals surface area (Å²) >= 11 is 0. The van der Waals surface area contributed by atoms with Gasteiger partial charge >= 0.3 is 6.61 Å². The van der Waals surface area contributed by atoms with Crippen molar-refractivity contribution >= 4 is 22.4 Å². The third-order valence-corrected chi connectivity index (χ3v) is 4.10. The van der Waals surface area contributed by atoms with Gasteiger partial charge in [-0.25, -0.2) is 0 Å². The van der Waals surface area contributed by atoms with E-state index in [-0.39, 0.29) is 22.9 Å². The van der Waals surface area contributed by atoms with Crippen LogP contribution in [0.15, 0.2) is 36.5 Å². The number of hydrogen-bond donors (Lipinski definition) is 1. The van der Waals surface area contributed by atoms with Crippen LogP contribution in [0.2, 0.25) is 0 Å². The van der Waals surface area contributed by atoms with Crippen LogP contribution >= 0.6 is 0 Å². The average Bonchev–Trinajstić information content (AvgIpc) is 2.85. The van der Waals surface area contributed by atoms with Gasteiger partial charge in [0.15, 0.2) is 0 Å². The number of aryl methyl sites for hydroxylation is 1. The molecule has 6 nitrogen and oxygen atoms in total. The maximum absolute atomic E-state index is 12.3. The number of nitrogens with zero attached hydrogens (tertiary/aromatic N) is 2. The van der Waals surface area contributed by atoms with E-state index in [9.17, 15) is 17.8 Å². The molecule has 0 aliphatic carbocycles. The minimum atomic E-state index is -2.99. The lowest BCUT2D eigenvalue weighted by molar-refractivity contribution is -0.113. The first-order chi connectivity index (χ1) is 11.0.